The van der Waals surface area contributed by atoms with Crippen LogP contribution in [0, 0.1) is 0 Å². The smallest absolute Gasteiger partial charge is 0.179 e. The lowest BCUT2D eigenvalue weighted by Gasteiger charge is -2.19. The van der Waals surface area contributed by atoms with E-state index >= 15 is 0 Å². The Morgan fingerprint density at radius 3 is 2.62 bits per heavy atom. The summed E-state index contributed by atoms with van der Waals surface area (Å²) in [6.07, 6.45) is 8.09. The zero-order valence-corrected chi connectivity index (χ0v) is 8.58. The molecule has 2 nitrogen and oxygen atoms in total. The number of hydrogen-bond donors (Lipinski definition) is 0. The third-order valence-corrected chi connectivity index (χ3v) is 2.43. The molecule has 0 aromatic heterocycles. The molecular formula is C11H17NO. The zero-order valence-electron chi connectivity index (χ0n) is 8.58. The fraction of sp³-hybridized carbons (Fsp3) is 0.545. The van der Waals surface area contributed by atoms with E-state index in [0.717, 1.165) is 18.4 Å². The summed E-state index contributed by atoms with van der Waals surface area (Å²) in [5, 5.41) is 0. The van der Waals surface area contributed by atoms with Crippen molar-refractivity contribution < 1.29 is 4.79 Å². The molecule has 0 aromatic rings. The van der Waals surface area contributed by atoms with Crippen LogP contribution in [0.2, 0.25) is 0 Å². The molecule has 2 heteroatoms. The number of nitrogens with zero attached hydrogens (tertiary/aromatic N) is 1. The molecule has 72 valence electrons. The van der Waals surface area contributed by atoms with E-state index in [9.17, 15) is 4.79 Å². The van der Waals surface area contributed by atoms with Gasteiger partial charge >= 0.3 is 0 Å². The van der Waals surface area contributed by atoms with Crippen LogP contribution >= 0.6 is 0 Å². The van der Waals surface area contributed by atoms with Gasteiger partial charge in [-0.25, -0.2) is 0 Å². The van der Waals surface area contributed by atoms with Gasteiger partial charge < -0.3 is 0 Å². The Hall–Kier alpha value is -0.890. The summed E-state index contributed by atoms with van der Waals surface area (Å²) in [7, 11) is 3.85. The van der Waals surface area contributed by atoms with Gasteiger partial charge in [0.05, 0.1) is 6.04 Å². The van der Waals surface area contributed by atoms with Gasteiger partial charge in [-0.2, -0.15) is 0 Å². The van der Waals surface area contributed by atoms with E-state index in [1.165, 1.54) is 0 Å². The molecule has 1 aliphatic carbocycles. The molecule has 0 aromatic carbocycles. The van der Waals surface area contributed by atoms with Crippen LogP contribution in [-0.4, -0.2) is 30.8 Å². The molecule has 1 unspecified atom stereocenters. The number of hydrogen-bond acceptors (Lipinski definition) is 2. The molecule has 13 heavy (non-hydrogen) atoms. The normalized spacial score (nSPS) is 18.6. The predicted molar refractivity (Wildman–Crippen MR) is 54.6 cm³/mol. The van der Waals surface area contributed by atoms with Crippen LogP contribution in [0.5, 0.6) is 0 Å². The quantitative estimate of drug-likeness (QED) is 0.658. The highest BCUT2D eigenvalue weighted by molar-refractivity contribution is 6.01. The number of Topliss-reactive ketones (excluding diaryl/α,β-unsaturated/α-hetero) is 1. The maximum absolute atomic E-state index is 11.8. The second-order valence-corrected chi connectivity index (χ2v) is 3.64. The monoisotopic (exact) mass is 179 g/mol. The highest BCUT2D eigenvalue weighted by atomic mass is 16.1. The van der Waals surface area contributed by atoms with Crippen LogP contribution in [-0.2, 0) is 4.79 Å². The molecule has 1 rings (SSSR count). The summed E-state index contributed by atoms with van der Waals surface area (Å²) < 4.78 is 0. The summed E-state index contributed by atoms with van der Waals surface area (Å²) in [6.45, 7) is 1.94. The fourth-order valence-electron chi connectivity index (χ4n) is 1.27. The van der Waals surface area contributed by atoms with E-state index in [1.54, 1.807) is 0 Å². The van der Waals surface area contributed by atoms with Crippen molar-refractivity contribution in [3.05, 3.63) is 23.8 Å². The van der Waals surface area contributed by atoms with Gasteiger partial charge in [0.25, 0.3) is 0 Å². The summed E-state index contributed by atoms with van der Waals surface area (Å²) in [5.41, 5.74) is 0.868. The lowest BCUT2D eigenvalue weighted by Crippen LogP contribution is -2.33. The van der Waals surface area contributed by atoms with Gasteiger partial charge in [-0.15, -0.1) is 0 Å². The first-order valence-corrected chi connectivity index (χ1v) is 4.70. The van der Waals surface area contributed by atoms with Crippen molar-refractivity contribution in [2.24, 2.45) is 0 Å². The minimum atomic E-state index is -0.0194. The van der Waals surface area contributed by atoms with Crippen molar-refractivity contribution in [2.75, 3.05) is 14.1 Å². The molecule has 0 heterocycles. The number of ketones is 1. The molecule has 0 radical (unpaired) electrons. The van der Waals surface area contributed by atoms with E-state index in [2.05, 4.69) is 6.08 Å². The minimum absolute atomic E-state index is 0.0194. The van der Waals surface area contributed by atoms with Crippen molar-refractivity contribution in [1.29, 1.82) is 0 Å². The van der Waals surface area contributed by atoms with Crippen LogP contribution < -0.4 is 0 Å². The van der Waals surface area contributed by atoms with Gasteiger partial charge in [0.15, 0.2) is 5.78 Å². The summed E-state index contributed by atoms with van der Waals surface area (Å²) in [6, 6.07) is -0.0194. The van der Waals surface area contributed by atoms with E-state index in [1.807, 2.05) is 38.1 Å². The topological polar surface area (TPSA) is 20.3 Å². The Kier molecular flexibility index (Phi) is 3.43. The van der Waals surface area contributed by atoms with E-state index < -0.39 is 0 Å². The number of carbonyl (C=O) groups excluding carboxylic acids is 1. The first-order chi connectivity index (χ1) is 6.13. The van der Waals surface area contributed by atoms with Gasteiger partial charge in [-0.05, 0) is 33.9 Å². The average Bonchev–Trinajstić information content (AvgIpc) is 2.17. The third kappa shape index (κ3) is 2.52. The van der Waals surface area contributed by atoms with Gasteiger partial charge in [0.1, 0.15) is 0 Å². The largest absolute Gasteiger partial charge is 0.300 e. The van der Waals surface area contributed by atoms with Gasteiger partial charge in [-0.1, -0.05) is 18.2 Å². The van der Waals surface area contributed by atoms with Crippen molar-refractivity contribution >= 4 is 5.78 Å². The lowest BCUT2D eigenvalue weighted by molar-refractivity contribution is -0.118. The molecule has 0 aliphatic heterocycles. The molecule has 0 saturated heterocycles. The van der Waals surface area contributed by atoms with Gasteiger partial charge in [0, 0.05) is 5.57 Å². The summed E-state index contributed by atoms with van der Waals surface area (Å²) in [4.78, 5) is 13.7. The minimum Gasteiger partial charge on any atom is -0.300 e. The average molecular weight is 179 g/mol. The second-order valence-electron chi connectivity index (χ2n) is 3.64. The Labute approximate surface area is 79.9 Å². The number of rotatable bonds is 3. The van der Waals surface area contributed by atoms with E-state index in [-0.39, 0.29) is 11.8 Å². The highest BCUT2D eigenvalue weighted by Gasteiger charge is 2.17. The van der Waals surface area contributed by atoms with E-state index in [4.69, 9.17) is 0 Å². The number of carbonyl (C=O) groups is 1. The van der Waals surface area contributed by atoms with Crippen LogP contribution in [0.15, 0.2) is 23.8 Å². The predicted octanol–water partition coefficient (Wildman–Crippen LogP) is 1.78. The SMILES string of the molecule is CC(C(=O)C1=CCCC=C1)N(C)C. The van der Waals surface area contributed by atoms with Crippen molar-refractivity contribution in [3.63, 3.8) is 0 Å². The first-order valence-electron chi connectivity index (χ1n) is 4.70. The van der Waals surface area contributed by atoms with Gasteiger partial charge in [0.2, 0.25) is 0 Å². The molecule has 0 saturated carbocycles. The zero-order chi connectivity index (χ0) is 9.84. The van der Waals surface area contributed by atoms with Gasteiger partial charge in [-0.3, -0.25) is 9.69 Å². The molecule has 0 spiro atoms. The van der Waals surface area contributed by atoms with Crippen LogP contribution in [0.4, 0.5) is 0 Å². The van der Waals surface area contributed by atoms with E-state index in [0.29, 0.717) is 0 Å². The molecule has 0 fully saturated rings. The van der Waals surface area contributed by atoms with Crippen molar-refractivity contribution in [3.8, 4) is 0 Å². The molecule has 0 amide bonds. The maximum atomic E-state index is 11.8. The van der Waals surface area contributed by atoms with Crippen LogP contribution in [0.25, 0.3) is 0 Å². The highest BCUT2D eigenvalue weighted by Crippen LogP contribution is 2.13. The third-order valence-electron chi connectivity index (χ3n) is 2.43. The van der Waals surface area contributed by atoms with Crippen molar-refractivity contribution in [1.82, 2.24) is 4.90 Å². The Bertz CT molecular complexity index is 251. The number of allylic oxidation sites excluding steroid dienone is 3. The van der Waals surface area contributed by atoms with Crippen molar-refractivity contribution in [2.45, 2.75) is 25.8 Å². The standard InChI is InChI=1S/C11H17NO/c1-9(12(2)3)11(13)10-7-5-4-6-8-10/h5,7-9H,4,6H2,1-3H3. The first kappa shape index (κ1) is 10.2. The summed E-state index contributed by atoms with van der Waals surface area (Å²) in [5.74, 6) is 0.223. The molecule has 1 aliphatic rings. The Morgan fingerprint density at radius 1 is 1.46 bits per heavy atom. The number of likely N-dealkylation sites (N-methyl/N-ethyl adjacent to an activating group) is 1. The molecule has 0 bridgehead atoms. The second kappa shape index (κ2) is 4.38. The fourth-order valence-corrected chi connectivity index (χ4v) is 1.27. The van der Waals surface area contributed by atoms with Crippen LogP contribution in [0.3, 0.4) is 0 Å². The Balaban J connectivity index is 2.67. The van der Waals surface area contributed by atoms with Crippen LogP contribution in [0.1, 0.15) is 19.8 Å². The molecular weight excluding hydrogens is 162 g/mol. The Morgan fingerprint density at radius 2 is 2.15 bits per heavy atom. The molecule has 0 N–H and O–H groups in total. The lowest BCUT2D eigenvalue weighted by atomic mass is 9.99. The maximum Gasteiger partial charge on any atom is 0.179 e. The molecule has 1 atom stereocenters. The summed E-state index contributed by atoms with van der Waals surface area (Å²) >= 11 is 0.